The first-order valence-corrected chi connectivity index (χ1v) is 11.8. The van der Waals surface area contributed by atoms with Crippen LogP contribution in [0.4, 0.5) is 13.6 Å². The molecule has 0 atom stereocenters. The summed E-state index contributed by atoms with van der Waals surface area (Å²) in [5.74, 6) is 0.454. The summed E-state index contributed by atoms with van der Waals surface area (Å²) in [6.07, 6.45) is 2.65. The van der Waals surface area contributed by atoms with E-state index in [0.29, 0.717) is 37.9 Å². The SMILES string of the molecule is N#CC1(NC(=O)O)CC1.O=C(C1CCCCC1)N1CCc2[nH]c3c4c(ccc3c2C1)OC(F)(F)O4. The van der Waals surface area contributed by atoms with E-state index in [1.165, 1.54) is 12.5 Å². The first-order valence-electron chi connectivity index (χ1n) is 11.8. The third-order valence-corrected chi connectivity index (χ3v) is 7.09. The first-order chi connectivity index (χ1) is 16.7. The van der Waals surface area contributed by atoms with E-state index < -0.39 is 17.9 Å². The van der Waals surface area contributed by atoms with Crippen LogP contribution in [0.2, 0.25) is 0 Å². The van der Waals surface area contributed by atoms with Crippen molar-refractivity contribution in [2.75, 3.05) is 6.54 Å². The van der Waals surface area contributed by atoms with Crippen molar-refractivity contribution in [2.24, 2.45) is 5.92 Å². The topological polar surface area (TPSA) is 128 Å². The van der Waals surface area contributed by atoms with Gasteiger partial charge in [-0.1, -0.05) is 19.3 Å². The van der Waals surface area contributed by atoms with Gasteiger partial charge in [-0.25, -0.2) is 4.79 Å². The van der Waals surface area contributed by atoms with Crippen LogP contribution < -0.4 is 14.8 Å². The van der Waals surface area contributed by atoms with Crippen LogP contribution in [0.3, 0.4) is 0 Å². The van der Waals surface area contributed by atoms with Crippen molar-refractivity contribution in [3.8, 4) is 17.6 Å². The molecule has 6 rings (SSSR count). The Morgan fingerprint density at radius 1 is 1.20 bits per heavy atom. The highest BCUT2D eigenvalue weighted by Gasteiger charge is 2.45. The highest BCUT2D eigenvalue weighted by molar-refractivity contribution is 5.93. The van der Waals surface area contributed by atoms with Gasteiger partial charge in [-0.3, -0.25) is 4.79 Å². The number of nitrogens with one attached hydrogen (secondary N) is 2. The van der Waals surface area contributed by atoms with E-state index >= 15 is 0 Å². The minimum Gasteiger partial charge on any atom is -0.465 e. The zero-order valence-corrected chi connectivity index (χ0v) is 19.0. The zero-order valence-electron chi connectivity index (χ0n) is 19.0. The largest absolute Gasteiger partial charge is 0.586 e. The van der Waals surface area contributed by atoms with Crippen LogP contribution in [-0.4, -0.2) is 45.4 Å². The lowest BCUT2D eigenvalue weighted by atomic mass is 9.87. The first kappa shape index (κ1) is 23.2. The van der Waals surface area contributed by atoms with E-state index in [-0.39, 0.29) is 23.3 Å². The molecule has 0 unspecified atom stereocenters. The molecule has 1 aromatic heterocycles. The minimum atomic E-state index is -3.63. The molecule has 2 aliphatic carbocycles. The van der Waals surface area contributed by atoms with Gasteiger partial charge in [0.2, 0.25) is 5.91 Å². The molecule has 186 valence electrons. The van der Waals surface area contributed by atoms with Gasteiger partial charge in [0.05, 0.1) is 11.6 Å². The van der Waals surface area contributed by atoms with Crippen LogP contribution in [0.25, 0.3) is 10.9 Å². The minimum absolute atomic E-state index is 0.0382. The summed E-state index contributed by atoms with van der Waals surface area (Å²) < 4.78 is 36.0. The molecule has 3 N–H and O–H groups in total. The fraction of sp³-hybridized carbons (Fsp3) is 0.542. The van der Waals surface area contributed by atoms with Crippen molar-refractivity contribution in [1.29, 1.82) is 5.26 Å². The third-order valence-electron chi connectivity index (χ3n) is 7.09. The molecule has 2 saturated carbocycles. The van der Waals surface area contributed by atoms with Gasteiger partial charge < -0.3 is 29.8 Å². The number of rotatable bonds is 2. The smallest absolute Gasteiger partial charge is 0.465 e. The van der Waals surface area contributed by atoms with E-state index in [1.807, 2.05) is 11.0 Å². The Balaban J connectivity index is 0.000000239. The van der Waals surface area contributed by atoms with Crippen LogP contribution in [0, 0.1) is 17.2 Å². The molecule has 0 bridgehead atoms. The average Bonchev–Trinajstić information content (AvgIpc) is 3.38. The molecule has 0 spiro atoms. The van der Waals surface area contributed by atoms with Gasteiger partial charge >= 0.3 is 12.4 Å². The number of aromatic nitrogens is 1. The average molecular weight is 488 g/mol. The van der Waals surface area contributed by atoms with Gasteiger partial charge in [0.15, 0.2) is 11.5 Å². The lowest BCUT2D eigenvalue weighted by Crippen LogP contribution is -2.40. The number of carbonyl (C=O) groups is 2. The number of hydrogen-bond acceptors (Lipinski definition) is 5. The Bertz CT molecular complexity index is 1210. The Morgan fingerprint density at radius 2 is 1.94 bits per heavy atom. The third kappa shape index (κ3) is 4.57. The normalized spacial score (nSPS) is 21.3. The van der Waals surface area contributed by atoms with E-state index in [2.05, 4.69) is 19.8 Å². The van der Waals surface area contributed by atoms with Crippen molar-refractivity contribution < 1.29 is 33.0 Å². The Labute approximate surface area is 200 Å². The number of hydrogen-bond donors (Lipinski definition) is 3. The molecule has 2 amide bonds. The predicted molar refractivity (Wildman–Crippen MR) is 119 cm³/mol. The number of nitrogens with zero attached hydrogens (tertiary/aromatic N) is 2. The molecule has 4 aliphatic rings. The highest BCUT2D eigenvalue weighted by atomic mass is 19.3. The molecule has 35 heavy (non-hydrogen) atoms. The maximum atomic E-state index is 13.4. The number of fused-ring (bicyclic) bond motifs is 5. The summed E-state index contributed by atoms with van der Waals surface area (Å²) in [6.45, 7) is 1.17. The highest BCUT2D eigenvalue weighted by Crippen LogP contribution is 2.47. The summed E-state index contributed by atoms with van der Waals surface area (Å²) in [4.78, 5) is 28.0. The molecule has 0 radical (unpaired) electrons. The number of aromatic amines is 1. The number of ether oxygens (including phenoxy) is 2. The maximum Gasteiger partial charge on any atom is 0.586 e. The number of H-pyrrole nitrogens is 1. The monoisotopic (exact) mass is 488 g/mol. The second-order valence-corrected chi connectivity index (χ2v) is 9.53. The number of alkyl halides is 2. The predicted octanol–water partition coefficient (Wildman–Crippen LogP) is 4.26. The standard InChI is InChI=1S/C19H20F2N2O3.C5H6N2O2/c20-19(21)25-15-7-6-12-13-10-23(18(24)11-4-2-1-3-5-11)9-8-14(13)22-16(12)17(15)26-19;6-3-5(1-2-5)7-4(8)9/h6-7,11,22H,1-5,8-10H2;7H,1-2H2,(H,8,9). The van der Waals surface area contributed by atoms with Crippen LogP contribution in [0.5, 0.6) is 11.5 Å². The second-order valence-electron chi connectivity index (χ2n) is 9.53. The van der Waals surface area contributed by atoms with Crippen LogP contribution >= 0.6 is 0 Å². The molecule has 11 heteroatoms. The molecular formula is C24H26F2N4O5. The maximum absolute atomic E-state index is 13.4. The number of carbonyl (C=O) groups excluding carboxylic acids is 1. The summed E-state index contributed by atoms with van der Waals surface area (Å²) >= 11 is 0. The van der Waals surface area contributed by atoms with Gasteiger partial charge in [0.1, 0.15) is 5.54 Å². The van der Waals surface area contributed by atoms with Crippen molar-refractivity contribution in [3.05, 3.63) is 23.4 Å². The summed E-state index contributed by atoms with van der Waals surface area (Å²) in [7, 11) is 0. The number of nitriles is 1. The molecule has 2 fully saturated rings. The van der Waals surface area contributed by atoms with E-state index in [4.69, 9.17) is 10.4 Å². The number of carboxylic acid groups (broad SMARTS) is 1. The Hall–Kier alpha value is -3.55. The van der Waals surface area contributed by atoms with Gasteiger partial charge in [0.25, 0.3) is 0 Å². The molecule has 0 saturated heterocycles. The van der Waals surface area contributed by atoms with Crippen LogP contribution in [0.15, 0.2) is 12.1 Å². The zero-order chi connectivity index (χ0) is 24.8. The van der Waals surface area contributed by atoms with Gasteiger partial charge in [0, 0.05) is 42.1 Å². The van der Waals surface area contributed by atoms with Crippen molar-refractivity contribution >= 4 is 22.9 Å². The molecule has 1 aromatic carbocycles. The summed E-state index contributed by atoms with van der Waals surface area (Å²) in [6, 6.07) is 5.17. The number of benzene rings is 1. The molecule has 3 heterocycles. The second kappa shape index (κ2) is 8.59. The van der Waals surface area contributed by atoms with Gasteiger partial charge in [-0.15, -0.1) is 8.78 Å². The lowest BCUT2D eigenvalue weighted by molar-refractivity contribution is -0.286. The van der Waals surface area contributed by atoms with Crippen molar-refractivity contribution in [2.45, 2.75) is 69.7 Å². The fourth-order valence-electron chi connectivity index (χ4n) is 5.08. The van der Waals surface area contributed by atoms with Crippen molar-refractivity contribution in [3.63, 3.8) is 0 Å². The summed E-state index contributed by atoms with van der Waals surface area (Å²) in [5, 5.41) is 19.4. The molecular weight excluding hydrogens is 462 g/mol. The summed E-state index contributed by atoms with van der Waals surface area (Å²) in [5.41, 5.74) is 1.78. The molecule has 2 aromatic rings. The fourth-order valence-corrected chi connectivity index (χ4v) is 5.08. The number of amides is 2. The lowest BCUT2D eigenvalue weighted by Gasteiger charge is -2.32. The quantitative estimate of drug-likeness (QED) is 0.580. The van der Waals surface area contributed by atoms with E-state index in [1.54, 1.807) is 6.07 Å². The molecule has 9 nitrogen and oxygen atoms in total. The number of halogens is 2. The van der Waals surface area contributed by atoms with Gasteiger partial charge in [-0.05, 0) is 37.8 Å². The van der Waals surface area contributed by atoms with E-state index in [0.717, 1.165) is 42.3 Å². The van der Waals surface area contributed by atoms with Crippen LogP contribution in [-0.2, 0) is 17.8 Å². The van der Waals surface area contributed by atoms with Crippen LogP contribution in [0.1, 0.15) is 56.2 Å². The molecule has 2 aliphatic heterocycles. The Morgan fingerprint density at radius 3 is 2.57 bits per heavy atom. The van der Waals surface area contributed by atoms with Gasteiger partial charge in [-0.2, -0.15) is 5.26 Å². The van der Waals surface area contributed by atoms with E-state index in [9.17, 15) is 18.4 Å². The van der Waals surface area contributed by atoms with Crippen molar-refractivity contribution in [1.82, 2.24) is 15.2 Å². The Kier molecular flexibility index (Phi) is 5.69.